The van der Waals surface area contributed by atoms with E-state index in [1.54, 1.807) is 17.8 Å². The first-order valence-corrected chi connectivity index (χ1v) is 9.52. The van der Waals surface area contributed by atoms with Gasteiger partial charge in [-0.15, -0.1) is 11.8 Å². The summed E-state index contributed by atoms with van der Waals surface area (Å²) in [5, 5.41) is 1.57. The predicted octanol–water partition coefficient (Wildman–Crippen LogP) is 3.15. The summed E-state index contributed by atoms with van der Waals surface area (Å²) < 4.78 is 26.1. The first-order chi connectivity index (χ1) is 9.57. The minimum absolute atomic E-state index is 0.289. The molecule has 0 N–H and O–H groups in total. The zero-order valence-corrected chi connectivity index (χ0v) is 13.7. The standard InChI is InChI=1S/C14H22N2O2S2/c1-3-16(4-2)20(17,18)13-9-10-14(15-11-13)19-12-7-5-6-8-12/h9-12H,3-8H2,1-2H3. The number of rotatable bonds is 6. The van der Waals surface area contributed by atoms with Gasteiger partial charge in [0.1, 0.15) is 4.90 Å². The number of hydrogen-bond donors (Lipinski definition) is 0. The second-order valence-corrected chi connectivity index (χ2v) is 8.20. The van der Waals surface area contributed by atoms with Crippen molar-refractivity contribution in [2.45, 2.75) is 54.7 Å². The molecular formula is C14H22N2O2S2. The van der Waals surface area contributed by atoms with Crippen LogP contribution in [0.3, 0.4) is 0 Å². The van der Waals surface area contributed by atoms with Gasteiger partial charge < -0.3 is 0 Å². The van der Waals surface area contributed by atoms with Crippen LogP contribution in [-0.2, 0) is 10.0 Å². The van der Waals surface area contributed by atoms with Crippen LogP contribution in [0.15, 0.2) is 28.3 Å². The van der Waals surface area contributed by atoms with Gasteiger partial charge in [0.2, 0.25) is 10.0 Å². The van der Waals surface area contributed by atoms with Crippen molar-refractivity contribution in [1.29, 1.82) is 0 Å². The second kappa shape index (κ2) is 6.91. The molecule has 112 valence electrons. The van der Waals surface area contributed by atoms with E-state index in [-0.39, 0.29) is 4.90 Å². The average molecular weight is 314 g/mol. The molecule has 1 fully saturated rings. The van der Waals surface area contributed by atoms with Crippen LogP contribution in [0.4, 0.5) is 0 Å². The lowest BCUT2D eigenvalue weighted by Crippen LogP contribution is -2.30. The first kappa shape index (κ1) is 15.8. The van der Waals surface area contributed by atoms with Crippen molar-refractivity contribution in [3.63, 3.8) is 0 Å². The molecule has 1 heterocycles. The summed E-state index contributed by atoms with van der Waals surface area (Å²) in [6, 6.07) is 3.51. The molecule has 1 saturated carbocycles. The van der Waals surface area contributed by atoms with Gasteiger partial charge in [0.15, 0.2) is 0 Å². The molecule has 0 aliphatic heterocycles. The molecule has 2 rings (SSSR count). The Morgan fingerprint density at radius 3 is 2.40 bits per heavy atom. The Bertz CT molecular complexity index is 519. The Hall–Kier alpha value is -0.590. The monoisotopic (exact) mass is 314 g/mol. The molecule has 0 bridgehead atoms. The van der Waals surface area contributed by atoms with Crippen molar-refractivity contribution in [2.24, 2.45) is 0 Å². The number of aromatic nitrogens is 1. The normalized spacial score (nSPS) is 16.9. The summed E-state index contributed by atoms with van der Waals surface area (Å²) in [5.41, 5.74) is 0. The quantitative estimate of drug-likeness (QED) is 0.809. The van der Waals surface area contributed by atoms with E-state index in [0.717, 1.165) is 5.03 Å². The molecule has 6 heteroatoms. The van der Waals surface area contributed by atoms with Gasteiger partial charge in [0, 0.05) is 24.5 Å². The molecule has 0 radical (unpaired) electrons. The van der Waals surface area contributed by atoms with E-state index in [2.05, 4.69) is 4.98 Å². The van der Waals surface area contributed by atoms with Gasteiger partial charge in [-0.3, -0.25) is 0 Å². The van der Waals surface area contributed by atoms with Crippen LogP contribution in [-0.4, -0.2) is 36.0 Å². The van der Waals surface area contributed by atoms with Gasteiger partial charge in [0.05, 0.1) is 5.03 Å². The van der Waals surface area contributed by atoms with Gasteiger partial charge in [0.25, 0.3) is 0 Å². The molecule has 1 aliphatic carbocycles. The van der Waals surface area contributed by atoms with Crippen molar-refractivity contribution in [3.05, 3.63) is 18.3 Å². The summed E-state index contributed by atoms with van der Waals surface area (Å²) in [6.45, 7) is 4.66. The maximum Gasteiger partial charge on any atom is 0.244 e. The molecule has 0 atom stereocenters. The van der Waals surface area contributed by atoms with Crippen LogP contribution < -0.4 is 0 Å². The topological polar surface area (TPSA) is 50.3 Å². The van der Waals surface area contributed by atoms with Crippen LogP contribution in [0, 0.1) is 0 Å². The van der Waals surface area contributed by atoms with Gasteiger partial charge in [-0.2, -0.15) is 4.31 Å². The molecule has 1 aromatic heterocycles. The molecule has 20 heavy (non-hydrogen) atoms. The van der Waals surface area contributed by atoms with Crippen molar-refractivity contribution in [3.8, 4) is 0 Å². The summed E-state index contributed by atoms with van der Waals surface area (Å²) in [6.07, 6.45) is 6.57. The Balaban J connectivity index is 2.10. The predicted molar refractivity (Wildman–Crippen MR) is 82.5 cm³/mol. The van der Waals surface area contributed by atoms with E-state index >= 15 is 0 Å². The van der Waals surface area contributed by atoms with Crippen LogP contribution >= 0.6 is 11.8 Å². The van der Waals surface area contributed by atoms with Crippen molar-refractivity contribution >= 4 is 21.8 Å². The SMILES string of the molecule is CCN(CC)S(=O)(=O)c1ccc(SC2CCCC2)nc1. The largest absolute Gasteiger partial charge is 0.249 e. The lowest BCUT2D eigenvalue weighted by molar-refractivity contribution is 0.445. The smallest absolute Gasteiger partial charge is 0.244 e. The third kappa shape index (κ3) is 3.54. The molecule has 1 aliphatic rings. The Morgan fingerprint density at radius 2 is 1.90 bits per heavy atom. The van der Waals surface area contributed by atoms with E-state index in [0.29, 0.717) is 18.3 Å². The number of hydrogen-bond acceptors (Lipinski definition) is 4. The fraction of sp³-hybridized carbons (Fsp3) is 0.643. The lowest BCUT2D eigenvalue weighted by atomic mass is 10.4. The van der Waals surface area contributed by atoms with Gasteiger partial charge in [-0.1, -0.05) is 26.7 Å². The van der Waals surface area contributed by atoms with Crippen LogP contribution in [0.5, 0.6) is 0 Å². The van der Waals surface area contributed by atoms with Gasteiger partial charge in [-0.25, -0.2) is 13.4 Å². The van der Waals surface area contributed by atoms with Crippen molar-refractivity contribution in [2.75, 3.05) is 13.1 Å². The third-order valence-corrected chi connectivity index (χ3v) is 6.96. The van der Waals surface area contributed by atoms with E-state index < -0.39 is 10.0 Å². The van der Waals surface area contributed by atoms with Crippen molar-refractivity contribution in [1.82, 2.24) is 9.29 Å². The number of sulfonamides is 1. The number of pyridine rings is 1. The highest BCUT2D eigenvalue weighted by atomic mass is 32.2. The Morgan fingerprint density at radius 1 is 1.25 bits per heavy atom. The summed E-state index contributed by atoms with van der Waals surface area (Å²) >= 11 is 1.77. The summed E-state index contributed by atoms with van der Waals surface area (Å²) in [4.78, 5) is 4.61. The van der Waals surface area contributed by atoms with E-state index in [1.165, 1.54) is 36.2 Å². The highest BCUT2D eigenvalue weighted by molar-refractivity contribution is 7.99. The maximum atomic E-state index is 12.3. The number of nitrogens with zero attached hydrogens (tertiary/aromatic N) is 2. The maximum absolute atomic E-state index is 12.3. The minimum atomic E-state index is -3.38. The van der Waals surface area contributed by atoms with Crippen LogP contribution in [0.2, 0.25) is 0 Å². The zero-order valence-electron chi connectivity index (χ0n) is 12.1. The minimum Gasteiger partial charge on any atom is -0.249 e. The molecule has 0 saturated heterocycles. The van der Waals surface area contributed by atoms with Crippen LogP contribution in [0.1, 0.15) is 39.5 Å². The van der Waals surface area contributed by atoms with E-state index in [1.807, 2.05) is 19.9 Å². The van der Waals surface area contributed by atoms with Gasteiger partial charge >= 0.3 is 0 Å². The zero-order chi connectivity index (χ0) is 14.6. The van der Waals surface area contributed by atoms with E-state index in [9.17, 15) is 8.42 Å². The third-order valence-electron chi connectivity index (χ3n) is 3.64. The summed E-state index contributed by atoms with van der Waals surface area (Å²) in [7, 11) is -3.38. The fourth-order valence-corrected chi connectivity index (χ4v) is 5.05. The molecular weight excluding hydrogens is 292 g/mol. The average Bonchev–Trinajstić information content (AvgIpc) is 2.93. The molecule has 0 spiro atoms. The Labute approximate surface area is 126 Å². The van der Waals surface area contributed by atoms with E-state index in [4.69, 9.17) is 0 Å². The van der Waals surface area contributed by atoms with Gasteiger partial charge in [-0.05, 0) is 25.0 Å². The molecule has 0 amide bonds. The summed E-state index contributed by atoms with van der Waals surface area (Å²) in [5.74, 6) is 0. The highest BCUT2D eigenvalue weighted by Crippen LogP contribution is 2.33. The molecule has 0 aromatic carbocycles. The van der Waals surface area contributed by atoms with Crippen LogP contribution in [0.25, 0.3) is 0 Å². The Kier molecular flexibility index (Phi) is 5.46. The fourth-order valence-electron chi connectivity index (χ4n) is 2.48. The molecule has 1 aromatic rings. The first-order valence-electron chi connectivity index (χ1n) is 7.20. The highest BCUT2D eigenvalue weighted by Gasteiger charge is 2.22. The second-order valence-electron chi connectivity index (χ2n) is 4.95. The molecule has 4 nitrogen and oxygen atoms in total. The van der Waals surface area contributed by atoms with Crippen molar-refractivity contribution < 1.29 is 8.42 Å². The molecule has 0 unspecified atom stereocenters. The lowest BCUT2D eigenvalue weighted by Gasteiger charge is -2.18. The number of thioether (sulfide) groups is 1.